The molecule has 4 atom stereocenters. The van der Waals surface area contributed by atoms with E-state index in [-0.39, 0.29) is 16.6 Å². The average molecular weight is 318 g/mol. The number of pyridine rings is 2. The number of carbonyl (C=O) groups is 1. The molecule has 4 fully saturated rings. The van der Waals surface area contributed by atoms with E-state index < -0.39 is 0 Å². The summed E-state index contributed by atoms with van der Waals surface area (Å²) in [6, 6.07) is 11.4. The van der Waals surface area contributed by atoms with Gasteiger partial charge in [0.2, 0.25) is 5.78 Å². The zero-order valence-corrected chi connectivity index (χ0v) is 14.4. The second kappa shape index (κ2) is 4.14. The lowest BCUT2D eigenvalue weighted by molar-refractivity contribution is 0.102. The van der Waals surface area contributed by atoms with Crippen LogP contribution in [-0.2, 0) is 5.41 Å². The first-order chi connectivity index (χ1) is 11.4. The Balaban J connectivity index is 1.60. The van der Waals surface area contributed by atoms with Crippen LogP contribution in [0.4, 0.5) is 0 Å². The zero-order valence-electron chi connectivity index (χ0n) is 14.4. The second-order valence-electron chi connectivity index (χ2n) is 8.59. The number of rotatable bonds is 3. The van der Waals surface area contributed by atoms with Gasteiger partial charge < -0.3 is 0 Å². The molecule has 0 radical (unpaired) electrons. The van der Waals surface area contributed by atoms with Crippen LogP contribution in [-0.4, -0.2) is 15.8 Å². The third-order valence-corrected chi connectivity index (χ3v) is 7.62. The van der Waals surface area contributed by atoms with Crippen molar-refractivity contribution in [3.63, 3.8) is 0 Å². The van der Waals surface area contributed by atoms with Crippen molar-refractivity contribution in [3.05, 3.63) is 59.7 Å². The van der Waals surface area contributed by atoms with Crippen molar-refractivity contribution in [3.8, 4) is 0 Å². The Morgan fingerprint density at radius 3 is 2.46 bits per heavy atom. The Morgan fingerprint density at radius 1 is 1.08 bits per heavy atom. The SMILES string of the molecule is CC1(C)C2CC3C(C)(C2)C31c1cccc(C(=O)c2ccccn2)n1. The number of hydrogen-bond donors (Lipinski definition) is 0. The summed E-state index contributed by atoms with van der Waals surface area (Å²) in [5.74, 6) is 1.45. The summed E-state index contributed by atoms with van der Waals surface area (Å²) < 4.78 is 0. The maximum absolute atomic E-state index is 12.7. The summed E-state index contributed by atoms with van der Waals surface area (Å²) in [7, 11) is 0. The first-order valence-corrected chi connectivity index (χ1v) is 8.86. The highest BCUT2D eigenvalue weighted by Crippen LogP contribution is 2.92. The maximum atomic E-state index is 12.7. The van der Waals surface area contributed by atoms with Gasteiger partial charge in [0.1, 0.15) is 11.4 Å². The Bertz CT molecular complexity index is 859. The van der Waals surface area contributed by atoms with E-state index in [1.54, 1.807) is 12.3 Å². The Hall–Kier alpha value is -2.03. The van der Waals surface area contributed by atoms with Gasteiger partial charge in [-0.25, -0.2) is 4.98 Å². The number of carbonyl (C=O) groups excluding carboxylic acids is 1. The predicted octanol–water partition coefficient (Wildman–Crippen LogP) is 4.03. The van der Waals surface area contributed by atoms with Crippen LogP contribution in [0.2, 0.25) is 0 Å². The summed E-state index contributed by atoms with van der Waals surface area (Å²) in [5, 5.41) is 0. The van der Waals surface area contributed by atoms with Crippen LogP contribution >= 0.6 is 0 Å². The molecule has 0 aromatic carbocycles. The van der Waals surface area contributed by atoms with Gasteiger partial charge in [0.05, 0.1) is 0 Å². The van der Waals surface area contributed by atoms with E-state index in [4.69, 9.17) is 4.98 Å². The van der Waals surface area contributed by atoms with Gasteiger partial charge >= 0.3 is 0 Å². The molecule has 0 amide bonds. The summed E-state index contributed by atoms with van der Waals surface area (Å²) in [6.07, 6.45) is 4.29. The number of nitrogens with zero attached hydrogens (tertiary/aromatic N) is 2. The minimum atomic E-state index is -0.0839. The monoisotopic (exact) mass is 318 g/mol. The number of aromatic nitrogens is 2. The molecule has 2 aromatic heterocycles. The molecule has 0 N–H and O–H groups in total. The first kappa shape index (κ1) is 14.3. The van der Waals surface area contributed by atoms with Crippen LogP contribution in [0.25, 0.3) is 0 Å². The molecule has 4 unspecified atom stereocenters. The fourth-order valence-electron chi connectivity index (χ4n) is 6.66. The van der Waals surface area contributed by atoms with Gasteiger partial charge in [-0.1, -0.05) is 32.9 Å². The van der Waals surface area contributed by atoms with Crippen molar-refractivity contribution in [1.82, 2.24) is 9.97 Å². The van der Waals surface area contributed by atoms with Crippen LogP contribution in [0, 0.1) is 22.7 Å². The Kier molecular flexibility index (Phi) is 2.47. The molecule has 4 bridgehead atoms. The maximum Gasteiger partial charge on any atom is 0.229 e. The minimum Gasteiger partial charge on any atom is -0.285 e. The van der Waals surface area contributed by atoms with Crippen molar-refractivity contribution in [2.45, 2.75) is 39.0 Å². The summed E-state index contributed by atoms with van der Waals surface area (Å²) in [4.78, 5) is 21.8. The van der Waals surface area contributed by atoms with E-state index in [9.17, 15) is 4.79 Å². The summed E-state index contributed by atoms with van der Waals surface area (Å²) in [6.45, 7) is 7.25. The molecule has 2 heterocycles. The molecule has 24 heavy (non-hydrogen) atoms. The molecule has 2 aromatic rings. The lowest BCUT2D eigenvalue weighted by Gasteiger charge is -2.32. The van der Waals surface area contributed by atoms with E-state index in [1.165, 1.54) is 12.8 Å². The van der Waals surface area contributed by atoms with Crippen molar-refractivity contribution in [1.29, 1.82) is 0 Å². The van der Waals surface area contributed by atoms with Crippen molar-refractivity contribution >= 4 is 5.78 Å². The highest BCUT2D eigenvalue weighted by molar-refractivity contribution is 6.06. The third-order valence-electron chi connectivity index (χ3n) is 7.62. The second-order valence-corrected chi connectivity index (χ2v) is 8.59. The van der Waals surface area contributed by atoms with E-state index >= 15 is 0 Å². The van der Waals surface area contributed by atoms with Gasteiger partial charge in [0.15, 0.2) is 0 Å². The highest BCUT2D eigenvalue weighted by atomic mass is 16.1. The molecule has 122 valence electrons. The molecule has 0 spiro atoms. The van der Waals surface area contributed by atoms with Gasteiger partial charge in [-0.05, 0) is 59.8 Å². The van der Waals surface area contributed by atoms with Crippen molar-refractivity contribution in [2.24, 2.45) is 22.7 Å². The van der Waals surface area contributed by atoms with Crippen molar-refractivity contribution < 1.29 is 4.79 Å². The van der Waals surface area contributed by atoms with Gasteiger partial charge in [-0.15, -0.1) is 0 Å². The van der Waals surface area contributed by atoms with Crippen LogP contribution < -0.4 is 0 Å². The smallest absolute Gasteiger partial charge is 0.229 e. The quantitative estimate of drug-likeness (QED) is 0.802. The molecule has 3 nitrogen and oxygen atoms in total. The van der Waals surface area contributed by atoms with Crippen LogP contribution in [0.15, 0.2) is 42.6 Å². The third kappa shape index (κ3) is 1.35. The van der Waals surface area contributed by atoms with Gasteiger partial charge in [0, 0.05) is 17.3 Å². The average Bonchev–Trinajstić information content (AvgIpc) is 2.81. The normalized spacial score (nSPS) is 37.5. The topological polar surface area (TPSA) is 42.9 Å². The van der Waals surface area contributed by atoms with Gasteiger partial charge in [-0.3, -0.25) is 9.78 Å². The predicted molar refractivity (Wildman–Crippen MR) is 91.7 cm³/mol. The van der Waals surface area contributed by atoms with Crippen LogP contribution in [0.5, 0.6) is 0 Å². The minimum absolute atomic E-state index is 0.0839. The molecule has 0 saturated heterocycles. The lowest BCUT2D eigenvalue weighted by atomic mass is 9.72. The van der Waals surface area contributed by atoms with E-state index in [1.807, 2.05) is 24.3 Å². The molecule has 0 aliphatic heterocycles. The Morgan fingerprint density at radius 2 is 1.88 bits per heavy atom. The fraction of sp³-hybridized carbons (Fsp3) is 0.476. The van der Waals surface area contributed by atoms with Crippen LogP contribution in [0.3, 0.4) is 0 Å². The lowest BCUT2D eigenvalue weighted by Crippen LogP contribution is -2.31. The van der Waals surface area contributed by atoms with E-state index in [0.29, 0.717) is 16.8 Å². The fourth-order valence-corrected chi connectivity index (χ4v) is 6.66. The molecular formula is C21H22N2O. The molecule has 6 rings (SSSR count). The Labute approximate surface area is 142 Å². The first-order valence-electron chi connectivity index (χ1n) is 8.86. The standard InChI is InChI=1S/C21H22N2O/c1-19(2)13-11-16-20(3,12-13)21(16,19)17-9-6-8-15(23-17)18(24)14-7-4-5-10-22-14/h4-10,13,16H,11-12H2,1-3H3. The number of ketones is 1. The van der Waals surface area contributed by atoms with Gasteiger partial charge in [0.25, 0.3) is 0 Å². The molecule has 3 heteroatoms. The van der Waals surface area contributed by atoms with Gasteiger partial charge in [-0.2, -0.15) is 0 Å². The molecular weight excluding hydrogens is 296 g/mol. The number of hydrogen-bond acceptors (Lipinski definition) is 3. The largest absolute Gasteiger partial charge is 0.285 e. The van der Waals surface area contributed by atoms with E-state index in [0.717, 1.165) is 17.5 Å². The summed E-state index contributed by atoms with van der Waals surface area (Å²) >= 11 is 0. The molecule has 4 aliphatic carbocycles. The molecule has 4 aliphatic rings. The van der Waals surface area contributed by atoms with E-state index in [2.05, 4.69) is 31.8 Å². The molecule has 4 saturated carbocycles. The summed E-state index contributed by atoms with van der Waals surface area (Å²) in [5.41, 5.74) is 2.92. The van der Waals surface area contributed by atoms with Crippen molar-refractivity contribution in [2.75, 3.05) is 0 Å². The zero-order chi connectivity index (χ0) is 16.7. The highest BCUT2D eigenvalue weighted by Gasteiger charge is 2.89. The van der Waals surface area contributed by atoms with Crippen LogP contribution in [0.1, 0.15) is 55.5 Å².